The van der Waals surface area contributed by atoms with Crippen molar-refractivity contribution in [1.82, 2.24) is 0 Å². The number of carbonyl (C=O) groups excluding carboxylic acids is 1. The summed E-state index contributed by atoms with van der Waals surface area (Å²) in [6.07, 6.45) is 1.76. The van der Waals surface area contributed by atoms with Crippen molar-refractivity contribution in [2.24, 2.45) is 5.92 Å². The van der Waals surface area contributed by atoms with Crippen LogP contribution in [-0.4, -0.2) is 31.5 Å². The van der Waals surface area contributed by atoms with Gasteiger partial charge in [0, 0.05) is 31.1 Å². The highest BCUT2D eigenvalue weighted by atomic mass is 16.6. The normalized spacial score (nSPS) is 16.1. The third-order valence-electron chi connectivity index (χ3n) is 3.44. The Kier molecular flexibility index (Phi) is 5.66. The van der Waals surface area contributed by atoms with Gasteiger partial charge in [-0.1, -0.05) is 6.07 Å². The van der Waals surface area contributed by atoms with Gasteiger partial charge in [0.1, 0.15) is 5.60 Å². The van der Waals surface area contributed by atoms with Gasteiger partial charge in [0.25, 0.3) is 0 Å². The molecule has 122 valence electrons. The maximum absolute atomic E-state index is 11.8. The van der Waals surface area contributed by atoms with Crippen molar-refractivity contribution in [2.45, 2.75) is 39.2 Å². The van der Waals surface area contributed by atoms with Crippen LogP contribution in [0.1, 0.15) is 33.6 Å². The van der Waals surface area contributed by atoms with Gasteiger partial charge in [-0.2, -0.15) is 0 Å². The number of benzene rings is 1. The Morgan fingerprint density at radius 1 is 1.27 bits per heavy atom. The summed E-state index contributed by atoms with van der Waals surface area (Å²) < 4.78 is 10.6. The van der Waals surface area contributed by atoms with E-state index in [0.717, 1.165) is 44.0 Å². The van der Waals surface area contributed by atoms with E-state index in [0.29, 0.717) is 5.92 Å². The third kappa shape index (κ3) is 5.93. The third-order valence-corrected chi connectivity index (χ3v) is 3.44. The van der Waals surface area contributed by atoms with Gasteiger partial charge in [-0.05, 0) is 57.7 Å². The van der Waals surface area contributed by atoms with Crippen LogP contribution in [0.15, 0.2) is 24.3 Å². The number of hydrogen-bond donors (Lipinski definition) is 2. The average Bonchev–Trinajstić information content (AvgIpc) is 2.44. The topological polar surface area (TPSA) is 59.6 Å². The molecule has 0 bridgehead atoms. The Balaban J connectivity index is 1.85. The largest absolute Gasteiger partial charge is 0.444 e. The van der Waals surface area contributed by atoms with Gasteiger partial charge in [-0.3, -0.25) is 5.32 Å². The van der Waals surface area contributed by atoms with Gasteiger partial charge in [-0.25, -0.2) is 4.79 Å². The van der Waals surface area contributed by atoms with Crippen LogP contribution in [0.3, 0.4) is 0 Å². The smallest absolute Gasteiger partial charge is 0.412 e. The van der Waals surface area contributed by atoms with E-state index in [1.165, 1.54) is 0 Å². The van der Waals surface area contributed by atoms with Crippen LogP contribution in [0, 0.1) is 5.92 Å². The van der Waals surface area contributed by atoms with Gasteiger partial charge in [0.2, 0.25) is 0 Å². The molecule has 1 amide bonds. The first-order valence-electron chi connectivity index (χ1n) is 7.84. The molecular weight excluding hydrogens is 280 g/mol. The first-order chi connectivity index (χ1) is 10.4. The quantitative estimate of drug-likeness (QED) is 0.886. The van der Waals surface area contributed by atoms with Gasteiger partial charge in [0.05, 0.1) is 0 Å². The van der Waals surface area contributed by atoms with Crippen LogP contribution < -0.4 is 10.6 Å². The van der Waals surface area contributed by atoms with E-state index in [2.05, 4.69) is 10.6 Å². The second-order valence-electron chi connectivity index (χ2n) is 6.64. The fourth-order valence-corrected chi connectivity index (χ4v) is 2.34. The lowest BCUT2D eigenvalue weighted by Gasteiger charge is -2.23. The molecule has 0 aliphatic carbocycles. The number of ether oxygens (including phenoxy) is 2. The summed E-state index contributed by atoms with van der Waals surface area (Å²) >= 11 is 0. The predicted octanol–water partition coefficient (Wildman–Crippen LogP) is 3.87. The van der Waals surface area contributed by atoms with Crippen LogP contribution in [0.2, 0.25) is 0 Å². The molecule has 0 aromatic heterocycles. The van der Waals surface area contributed by atoms with Crippen molar-refractivity contribution in [3.8, 4) is 0 Å². The van der Waals surface area contributed by atoms with Crippen LogP contribution >= 0.6 is 0 Å². The predicted molar refractivity (Wildman–Crippen MR) is 88.3 cm³/mol. The van der Waals surface area contributed by atoms with Crippen molar-refractivity contribution in [3.63, 3.8) is 0 Å². The lowest BCUT2D eigenvalue weighted by Crippen LogP contribution is -2.27. The molecule has 1 aliphatic heterocycles. The van der Waals surface area contributed by atoms with Gasteiger partial charge in [-0.15, -0.1) is 0 Å². The molecule has 2 rings (SSSR count). The maximum atomic E-state index is 11.8. The Morgan fingerprint density at radius 2 is 1.95 bits per heavy atom. The molecule has 1 fully saturated rings. The highest BCUT2D eigenvalue weighted by molar-refractivity contribution is 5.85. The maximum Gasteiger partial charge on any atom is 0.412 e. The van der Waals surface area contributed by atoms with Gasteiger partial charge < -0.3 is 14.8 Å². The van der Waals surface area contributed by atoms with E-state index >= 15 is 0 Å². The molecule has 1 saturated heterocycles. The Bertz CT molecular complexity index is 491. The Hall–Kier alpha value is -1.75. The average molecular weight is 306 g/mol. The Labute approximate surface area is 132 Å². The molecule has 1 aliphatic rings. The van der Waals surface area contributed by atoms with Crippen LogP contribution in [0.25, 0.3) is 0 Å². The summed E-state index contributed by atoms with van der Waals surface area (Å²) in [4.78, 5) is 11.8. The van der Waals surface area contributed by atoms with Crippen molar-refractivity contribution in [1.29, 1.82) is 0 Å². The van der Waals surface area contributed by atoms with Crippen LogP contribution in [0.4, 0.5) is 16.2 Å². The summed E-state index contributed by atoms with van der Waals surface area (Å²) in [7, 11) is 0. The van der Waals surface area contributed by atoms with E-state index < -0.39 is 11.7 Å². The van der Waals surface area contributed by atoms with Crippen molar-refractivity contribution in [3.05, 3.63) is 24.3 Å². The van der Waals surface area contributed by atoms with E-state index in [4.69, 9.17) is 9.47 Å². The minimum atomic E-state index is -0.497. The molecule has 0 unspecified atom stereocenters. The standard InChI is InChI=1S/C17H26N2O3/c1-17(2,3)22-16(20)19-15-6-4-5-14(11-15)18-12-13-7-9-21-10-8-13/h4-6,11,13,18H,7-10,12H2,1-3H3,(H,19,20). The molecule has 1 aromatic rings. The Morgan fingerprint density at radius 3 is 2.64 bits per heavy atom. The fraction of sp³-hybridized carbons (Fsp3) is 0.588. The molecule has 0 saturated carbocycles. The van der Waals surface area contributed by atoms with Crippen LogP contribution in [-0.2, 0) is 9.47 Å². The molecule has 1 aromatic carbocycles. The zero-order chi connectivity index (χ0) is 16.0. The number of nitrogens with one attached hydrogen (secondary N) is 2. The second kappa shape index (κ2) is 7.49. The monoisotopic (exact) mass is 306 g/mol. The highest BCUT2D eigenvalue weighted by Crippen LogP contribution is 2.19. The number of rotatable bonds is 4. The highest BCUT2D eigenvalue weighted by Gasteiger charge is 2.16. The van der Waals surface area contributed by atoms with Crippen molar-refractivity contribution >= 4 is 17.5 Å². The SMILES string of the molecule is CC(C)(C)OC(=O)Nc1cccc(NCC2CCOCC2)c1. The minimum absolute atomic E-state index is 0.436. The van der Waals surface area contributed by atoms with Gasteiger partial charge >= 0.3 is 6.09 Å². The number of amides is 1. The molecule has 5 nitrogen and oxygen atoms in total. The summed E-state index contributed by atoms with van der Waals surface area (Å²) in [5.41, 5.74) is 1.23. The zero-order valence-corrected chi connectivity index (χ0v) is 13.6. The number of hydrogen-bond acceptors (Lipinski definition) is 4. The van der Waals surface area contributed by atoms with E-state index in [9.17, 15) is 4.79 Å². The summed E-state index contributed by atoms with van der Waals surface area (Å²) in [5, 5.41) is 6.18. The van der Waals surface area contributed by atoms with E-state index in [1.54, 1.807) is 0 Å². The van der Waals surface area contributed by atoms with Crippen molar-refractivity contribution in [2.75, 3.05) is 30.4 Å². The number of carbonyl (C=O) groups is 1. The van der Waals surface area contributed by atoms with Gasteiger partial charge in [0.15, 0.2) is 0 Å². The van der Waals surface area contributed by atoms with E-state index in [1.807, 2.05) is 45.0 Å². The molecular formula is C17H26N2O3. The van der Waals surface area contributed by atoms with E-state index in [-0.39, 0.29) is 0 Å². The first kappa shape index (κ1) is 16.6. The minimum Gasteiger partial charge on any atom is -0.444 e. The van der Waals surface area contributed by atoms with Crippen LogP contribution in [0.5, 0.6) is 0 Å². The summed E-state index contributed by atoms with van der Waals surface area (Å²) in [6.45, 7) is 8.17. The molecule has 1 heterocycles. The van der Waals surface area contributed by atoms with Crippen molar-refractivity contribution < 1.29 is 14.3 Å². The molecule has 5 heteroatoms. The molecule has 0 atom stereocenters. The summed E-state index contributed by atoms with van der Waals surface area (Å²) in [6, 6.07) is 7.69. The second-order valence-corrected chi connectivity index (χ2v) is 6.64. The lowest BCUT2D eigenvalue weighted by atomic mass is 10.0. The molecule has 2 N–H and O–H groups in total. The molecule has 22 heavy (non-hydrogen) atoms. The first-order valence-corrected chi connectivity index (χ1v) is 7.84. The summed E-state index contributed by atoms with van der Waals surface area (Å²) in [5.74, 6) is 0.649. The zero-order valence-electron chi connectivity index (χ0n) is 13.6. The number of anilines is 2. The lowest BCUT2D eigenvalue weighted by molar-refractivity contribution is 0.0635. The molecule has 0 radical (unpaired) electrons. The molecule has 0 spiro atoms. The fourth-order valence-electron chi connectivity index (χ4n) is 2.34.